The lowest BCUT2D eigenvalue weighted by Gasteiger charge is -2.14. The van der Waals surface area contributed by atoms with E-state index in [0.29, 0.717) is 12.1 Å². The summed E-state index contributed by atoms with van der Waals surface area (Å²) in [7, 11) is -4.36. The zero-order valence-corrected chi connectivity index (χ0v) is 13.0. The second-order valence-corrected chi connectivity index (χ2v) is 6.56. The summed E-state index contributed by atoms with van der Waals surface area (Å²) in [5.74, 6) is -0.927. The smallest absolute Gasteiger partial charge is 0.382 e. The highest BCUT2D eigenvalue weighted by Crippen LogP contribution is 2.47. The summed E-state index contributed by atoms with van der Waals surface area (Å²) in [6, 6.07) is 1.78. The van der Waals surface area contributed by atoms with Gasteiger partial charge in [-0.05, 0) is 18.2 Å². The Morgan fingerprint density at radius 3 is 2.04 bits per heavy atom. The van der Waals surface area contributed by atoms with Crippen molar-refractivity contribution in [1.29, 1.82) is 0 Å². The number of halogens is 6. The van der Waals surface area contributed by atoms with Gasteiger partial charge >= 0.3 is 22.6 Å². The first-order valence-electron chi connectivity index (χ1n) is 6.55. The Balaban J connectivity index is 2.25. The van der Waals surface area contributed by atoms with Gasteiger partial charge in [-0.15, -0.1) is 10.2 Å². The highest BCUT2D eigenvalue weighted by Gasteiger charge is 2.40. The molecule has 0 bridgehead atoms. The van der Waals surface area contributed by atoms with Crippen molar-refractivity contribution in [3.63, 3.8) is 0 Å². The second kappa shape index (κ2) is 5.36. The molecule has 14 heteroatoms. The van der Waals surface area contributed by atoms with Gasteiger partial charge in [-0.25, -0.2) is 0 Å². The van der Waals surface area contributed by atoms with Crippen molar-refractivity contribution < 1.29 is 34.8 Å². The fourth-order valence-corrected chi connectivity index (χ4v) is 3.33. The SMILES string of the molecule is Nc1nnc(-c2ccc(C(F)(F)F)c3c2NS(=O)(=O)N3)cc1C(F)(F)F. The van der Waals surface area contributed by atoms with Crippen molar-refractivity contribution in [3.05, 3.63) is 29.3 Å². The van der Waals surface area contributed by atoms with Crippen LogP contribution in [0.3, 0.4) is 0 Å². The molecule has 0 unspecified atom stereocenters. The Labute approximate surface area is 141 Å². The summed E-state index contributed by atoms with van der Waals surface area (Å²) in [6.45, 7) is 0. The van der Waals surface area contributed by atoms with Gasteiger partial charge in [0, 0.05) is 5.56 Å². The van der Waals surface area contributed by atoms with Gasteiger partial charge in [-0.2, -0.15) is 34.8 Å². The fraction of sp³-hybridized carbons (Fsp3) is 0.167. The van der Waals surface area contributed by atoms with Crippen LogP contribution in [0.1, 0.15) is 11.1 Å². The molecule has 0 fully saturated rings. The normalized spacial score (nSPS) is 15.9. The molecule has 2 aromatic rings. The number of nitrogen functional groups attached to an aromatic ring is 1. The van der Waals surface area contributed by atoms with Crippen LogP contribution >= 0.6 is 0 Å². The molecule has 0 aliphatic carbocycles. The standard InChI is InChI=1S/C12H7F6N5O2S/c13-11(14,15)5-2-1-4(8-9(5)23-26(24,25)22-8)7-3-6(12(16,17)18)10(19)21-20-7/h1-3,22-23H,(H2,19,21). The van der Waals surface area contributed by atoms with Crippen molar-refractivity contribution in [2.45, 2.75) is 12.4 Å². The molecule has 2 heterocycles. The van der Waals surface area contributed by atoms with Crippen LogP contribution in [-0.2, 0) is 22.6 Å². The molecule has 1 aliphatic heterocycles. The van der Waals surface area contributed by atoms with E-state index in [2.05, 4.69) is 10.2 Å². The Morgan fingerprint density at radius 2 is 1.46 bits per heavy atom. The molecule has 0 saturated carbocycles. The lowest BCUT2D eigenvalue weighted by atomic mass is 10.0. The molecular weight excluding hydrogens is 392 g/mol. The van der Waals surface area contributed by atoms with Crippen LogP contribution in [0.5, 0.6) is 0 Å². The molecule has 140 valence electrons. The number of hydrogen-bond acceptors (Lipinski definition) is 5. The van der Waals surface area contributed by atoms with Crippen molar-refractivity contribution in [3.8, 4) is 11.3 Å². The summed E-state index contributed by atoms with van der Waals surface area (Å²) in [5, 5.41) is 6.56. The minimum atomic E-state index is -4.90. The van der Waals surface area contributed by atoms with E-state index >= 15 is 0 Å². The number of benzene rings is 1. The molecule has 7 nitrogen and oxygen atoms in total. The highest BCUT2D eigenvalue weighted by atomic mass is 32.2. The summed E-state index contributed by atoms with van der Waals surface area (Å²) >= 11 is 0. The third kappa shape index (κ3) is 3.07. The van der Waals surface area contributed by atoms with Crippen LogP contribution in [0.4, 0.5) is 43.5 Å². The number of nitrogens with zero attached hydrogens (tertiary/aromatic N) is 2. The molecule has 1 aromatic carbocycles. The molecule has 1 aliphatic rings. The number of alkyl halides is 6. The molecule has 0 atom stereocenters. The molecule has 3 rings (SSSR count). The van der Waals surface area contributed by atoms with Crippen LogP contribution in [0.2, 0.25) is 0 Å². The fourth-order valence-electron chi connectivity index (χ4n) is 2.32. The Kier molecular flexibility index (Phi) is 3.72. The van der Waals surface area contributed by atoms with E-state index in [1.54, 1.807) is 9.44 Å². The van der Waals surface area contributed by atoms with Crippen LogP contribution in [0.25, 0.3) is 11.3 Å². The summed E-state index contributed by atoms with van der Waals surface area (Å²) in [4.78, 5) is 0. The summed E-state index contributed by atoms with van der Waals surface area (Å²) in [5.41, 5.74) is 0.172. The third-order valence-electron chi connectivity index (χ3n) is 3.39. The Bertz CT molecular complexity index is 1000. The van der Waals surface area contributed by atoms with E-state index in [1.165, 1.54) is 0 Å². The van der Waals surface area contributed by atoms with Crippen molar-refractivity contribution in [2.75, 3.05) is 15.2 Å². The van der Waals surface area contributed by atoms with Gasteiger partial charge in [0.05, 0.1) is 22.6 Å². The van der Waals surface area contributed by atoms with Crippen LogP contribution in [0, 0.1) is 0 Å². The average Bonchev–Trinajstić information content (AvgIpc) is 2.79. The summed E-state index contributed by atoms with van der Waals surface area (Å²) < 4.78 is 105. The van der Waals surface area contributed by atoms with Gasteiger partial charge < -0.3 is 5.73 Å². The number of fused-ring (bicyclic) bond motifs is 1. The van der Waals surface area contributed by atoms with E-state index in [9.17, 15) is 34.8 Å². The first-order valence-corrected chi connectivity index (χ1v) is 8.03. The maximum atomic E-state index is 13.0. The molecule has 26 heavy (non-hydrogen) atoms. The molecule has 0 radical (unpaired) electrons. The predicted molar refractivity (Wildman–Crippen MR) is 78.0 cm³/mol. The van der Waals surface area contributed by atoms with Gasteiger partial charge in [0.1, 0.15) is 5.56 Å². The first-order chi connectivity index (χ1) is 11.8. The molecule has 0 spiro atoms. The Morgan fingerprint density at radius 1 is 0.885 bits per heavy atom. The molecule has 1 aromatic heterocycles. The molecular formula is C12H7F6N5O2S. The number of hydrogen-bond donors (Lipinski definition) is 3. The Hall–Kier alpha value is -2.77. The average molecular weight is 399 g/mol. The van der Waals surface area contributed by atoms with E-state index in [-0.39, 0.29) is 5.56 Å². The predicted octanol–water partition coefficient (Wildman–Crippen LogP) is 2.85. The molecule has 4 N–H and O–H groups in total. The van der Waals surface area contributed by atoms with Gasteiger partial charge in [0.25, 0.3) is 0 Å². The lowest BCUT2D eigenvalue weighted by Crippen LogP contribution is -2.14. The van der Waals surface area contributed by atoms with Gasteiger partial charge in [-0.1, -0.05) is 0 Å². The van der Waals surface area contributed by atoms with Gasteiger partial charge in [0.15, 0.2) is 5.82 Å². The van der Waals surface area contributed by atoms with Gasteiger partial charge in [-0.3, -0.25) is 9.44 Å². The van der Waals surface area contributed by atoms with Crippen molar-refractivity contribution in [1.82, 2.24) is 10.2 Å². The minimum absolute atomic E-state index is 0.334. The first kappa shape index (κ1) is 18.0. The maximum absolute atomic E-state index is 13.0. The number of nitrogens with two attached hydrogens (primary N) is 1. The third-order valence-corrected chi connectivity index (χ3v) is 4.33. The zero-order valence-electron chi connectivity index (χ0n) is 12.2. The van der Waals surface area contributed by atoms with E-state index in [4.69, 9.17) is 5.73 Å². The van der Waals surface area contributed by atoms with E-state index < -0.39 is 56.6 Å². The van der Waals surface area contributed by atoms with Crippen LogP contribution in [0.15, 0.2) is 18.2 Å². The number of anilines is 3. The maximum Gasteiger partial charge on any atom is 0.420 e. The number of rotatable bonds is 1. The van der Waals surface area contributed by atoms with Crippen LogP contribution in [-0.4, -0.2) is 18.6 Å². The van der Waals surface area contributed by atoms with E-state index in [0.717, 1.165) is 6.07 Å². The number of aromatic nitrogens is 2. The van der Waals surface area contributed by atoms with Crippen LogP contribution < -0.4 is 15.2 Å². The quantitative estimate of drug-likeness (QED) is 0.639. The van der Waals surface area contributed by atoms with Gasteiger partial charge in [0.2, 0.25) is 0 Å². The van der Waals surface area contributed by atoms with Crippen molar-refractivity contribution in [2.24, 2.45) is 0 Å². The summed E-state index contributed by atoms with van der Waals surface area (Å²) in [6.07, 6.45) is -9.79. The second-order valence-electron chi connectivity index (χ2n) is 5.14. The topological polar surface area (TPSA) is 110 Å². The highest BCUT2D eigenvalue weighted by molar-refractivity contribution is 7.94. The number of nitrogens with one attached hydrogen (secondary N) is 2. The molecule has 0 saturated heterocycles. The lowest BCUT2D eigenvalue weighted by molar-refractivity contribution is -0.137. The minimum Gasteiger partial charge on any atom is -0.382 e. The monoisotopic (exact) mass is 399 g/mol. The zero-order chi connectivity index (χ0) is 19.5. The van der Waals surface area contributed by atoms with E-state index in [1.807, 2.05) is 0 Å². The van der Waals surface area contributed by atoms with Crippen molar-refractivity contribution >= 4 is 27.4 Å². The largest absolute Gasteiger partial charge is 0.420 e. The molecule has 0 amide bonds.